The number of primary sulfonamides is 1. The summed E-state index contributed by atoms with van der Waals surface area (Å²) in [7, 11) is -3.70. The summed E-state index contributed by atoms with van der Waals surface area (Å²) in [5, 5.41) is 16.9. The van der Waals surface area contributed by atoms with E-state index >= 15 is 0 Å². The van der Waals surface area contributed by atoms with Crippen LogP contribution in [0.1, 0.15) is 31.2 Å². The summed E-state index contributed by atoms with van der Waals surface area (Å²) < 4.78 is 24.1. The molecular weight excluding hydrogens is 442 g/mol. The van der Waals surface area contributed by atoms with Crippen LogP contribution < -0.4 is 16.0 Å². The summed E-state index contributed by atoms with van der Waals surface area (Å²) in [5.74, 6) is 0.294. The maximum Gasteiger partial charge on any atom is 0.277 e. The third kappa shape index (κ3) is 5.63. The van der Waals surface area contributed by atoms with Crippen LogP contribution in [0.4, 0.5) is 0 Å². The van der Waals surface area contributed by atoms with Gasteiger partial charge in [-0.15, -0.1) is 5.10 Å². The van der Waals surface area contributed by atoms with Crippen LogP contribution in [0.5, 0.6) is 0 Å². The molecule has 0 spiro atoms. The van der Waals surface area contributed by atoms with Crippen molar-refractivity contribution >= 4 is 26.8 Å². The van der Waals surface area contributed by atoms with Crippen LogP contribution in [-0.2, 0) is 27.8 Å². The Morgan fingerprint density at radius 2 is 1.76 bits per heavy atom. The van der Waals surface area contributed by atoms with Gasteiger partial charge in [-0.05, 0) is 67.9 Å². The highest BCUT2D eigenvalue weighted by Crippen LogP contribution is 2.29. The van der Waals surface area contributed by atoms with Crippen LogP contribution in [0, 0.1) is 11.8 Å². The molecule has 0 radical (unpaired) electrons. The van der Waals surface area contributed by atoms with E-state index in [0.29, 0.717) is 36.3 Å². The predicted octanol–water partition coefficient (Wildman–Crippen LogP) is 1.60. The highest BCUT2D eigenvalue weighted by Gasteiger charge is 2.27. The molecule has 0 unspecified atom stereocenters. The molecule has 0 atom stereocenters. The number of sulfonamides is 1. The first-order chi connectivity index (χ1) is 15.8. The molecule has 33 heavy (non-hydrogen) atoms. The van der Waals surface area contributed by atoms with E-state index in [0.717, 1.165) is 31.2 Å². The van der Waals surface area contributed by atoms with E-state index < -0.39 is 10.0 Å². The van der Waals surface area contributed by atoms with Crippen LogP contribution in [0.25, 0.3) is 10.9 Å². The van der Waals surface area contributed by atoms with Gasteiger partial charge in [-0.3, -0.25) is 9.59 Å². The number of nitrogens with one attached hydrogen (secondary N) is 1. The predicted molar refractivity (Wildman–Crippen MR) is 124 cm³/mol. The Morgan fingerprint density at radius 3 is 2.45 bits per heavy atom. The van der Waals surface area contributed by atoms with Crippen molar-refractivity contribution in [3.8, 4) is 0 Å². The van der Waals surface area contributed by atoms with Gasteiger partial charge >= 0.3 is 0 Å². The summed E-state index contributed by atoms with van der Waals surface area (Å²) in [6.45, 7) is 0.995. The van der Waals surface area contributed by atoms with E-state index in [4.69, 9.17) is 5.14 Å². The smallest absolute Gasteiger partial charge is 0.277 e. The maximum atomic E-state index is 12.6. The van der Waals surface area contributed by atoms with Gasteiger partial charge in [-0.1, -0.05) is 29.5 Å². The van der Waals surface area contributed by atoms with E-state index in [1.54, 1.807) is 24.3 Å². The summed E-state index contributed by atoms with van der Waals surface area (Å²) >= 11 is 0. The Hall–Kier alpha value is -3.11. The van der Waals surface area contributed by atoms with Crippen molar-refractivity contribution in [2.24, 2.45) is 17.0 Å². The molecule has 1 saturated carbocycles. The number of hydrogen-bond donors (Lipinski definition) is 2. The zero-order valence-corrected chi connectivity index (χ0v) is 19.0. The lowest BCUT2D eigenvalue weighted by atomic mass is 9.81. The topological polar surface area (TPSA) is 137 Å². The highest BCUT2D eigenvalue weighted by atomic mass is 32.2. The fraction of sp³-hybridized carbons (Fsp3) is 0.391. The number of nitrogens with zero attached hydrogens (tertiary/aromatic N) is 3. The van der Waals surface area contributed by atoms with Crippen molar-refractivity contribution in [2.45, 2.75) is 43.5 Å². The molecule has 1 aliphatic rings. The van der Waals surface area contributed by atoms with E-state index in [1.165, 1.54) is 16.8 Å². The van der Waals surface area contributed by atoms with Crippen LogP contribution in [0.15, 0.2) is 58.2 Å². The molecule has 1 aromatic heterocycles. The fourth-order valence-corrected chi connectivity index (χ4v) is 4.83. The van der Waals surface area contributed by atoms with E-state index in [9.17, 15) is 18.0 Å². The van der Waals surface area contributed by atoms with Crippen molar-refractivity contribution in [1.82, 2.24) is 20.3 Å². The van der Waals surface area contributed by atoms with Gasteiger partial charge in [-0.25, -0.2) is 18.2 Å². The molecule has 10 heteroatoms. The minimum Gasteiger partial charge on any atom is -0.356 e. The first kappa shape index (κ1) is 23.1. The van der Waals surface area contributed by atoms with Crippen LogP contribution in [0.2, 0.25) is 0 Å². The van der Waals surface area contributed by atoms with Gasteiger partial charge in [0.2, 0.25) is 15.9 Å². The molecule has 1 amide bonds. The van der Waals surface area contributed by atoms with E-state index in [2.05, 4.69) is 15.6 Å². The average Bonchev–Trinajstić information content (AvgIpc) is 2.81. The quantitative estimate of drug-likeness (QED) is 0.539. The van der Waals surface area contributed by atoms with Crippen molar-refractivity contribution < 1.29 is 13.2 Å². The van der Waals surface area contributed by atoms with Gasteiger partial charge in [0.05, 0.1) is 10.3 Å². The molecule has 4 rings (SSSR count). The molecule has 3 aromatic rings. The molecule has 9 nitrogen and oxygen atoms in total. The first-order valence-corrected chi connectivity index (χ1v) is 12.6. The third-order valence-electron chi connectivity index (χ3n) is 6.24. The van der Waals surface area contributed by atoms with Crippen molar-refractivity contribution in [3.63, 3.8) is 0 Å². The van der Waals surface area contributed by atoms with E-state index in [-0.39, 0.29) is 22.3 Å². The lowest BCUT2D eigenvalue weighted by Gasteiger charge is -2.27. The number of aromatic nitrogens is 3. The van der Waals surface area contributed by atoms with Gasteiger partial charge in [0.1, 0.15) is 5.52 Å². The molecular formula is C23H27N5O4S. The fourth-order valence-electron chi connectivity index (χ4n) is 4.31. The van der Waals surface area contributed by atoms with Gasteiger partial charge in [0, 0.05) is 19.0 Å². The van der Waals surface area contributed by atoms with Crippen molar-refractivity contribution in [2.75, 3.05) is 6.54 Å². The summed E-state index contributed by atoms with van der Waals surface area (Å²) in [6.07, 6.45) is 3.86. The normalized spacial score (nSPS) is 18.8. The van der Waals surface area contributed by atoms with Crippen LogP contribution in [-0.4, -0.2) is 35.9 Å². The molecule has 1 fully saturated rings. The molecule has 174 valence electrons. The van der Waals surface area contributed by atoms with E-state index in [1.807, 2.05) is 12.1 Å². The number of carbonyl (C=O) groups excluding carboxylic acids is 1. The Labute approximate surface area is 192 Å². The number of nitrogens with two attached hydrogens (primary N) is 1. The summed E-state index contributed by atoms with van der Waals surface area (Å²) in [5.41, 5.74) is 1.39. The lowest BCUT2D eigenvalue weighted by molar-refractivity contribution is -0.126. The largest absolute Gasteiger partial charge is 0.356 e. The Morgan fingerprint density at radius 1 is 1.06 bits per heavy atom. The van der Waals surface area contributed by atoms with Gasteiger partial charge in [0.15, 0.2) is 0 Å². The molecule has 1 heterocycles. The average molecular weight is 470 g/mol. The third-order valence-corrected chi connectivity index (χ3v) is 7.17. The molecule has 1 aliphatic carbocycles. The number of carbonyl (C=O) groups is 1. The molecule has 2 aromatic carbocycles. The Kier molecular flexibility index (Phi) is 6.85. The van der Waals surface area contributed by atoms with Crippen LogP contribution in [0.3, 0.4) is 0 Å². The van der Waals surface area contributed by atoms with Gasteiger partial charge < -0.3 is 5.32 Å². The number of hydrogen-bond acceptors (Lipinski definition) is 6. The van der Waals surface area contributed by atoms with Crippen molar-refractivity contribution in [3.05, 3.63) is 64.4 Å². The summed E-state index contributed by atoms with van der Waals surface area (Å²) in [6, 6.07) is 13.5. The zero-order valence-electron chi connectivity index (χ0n) is 18.2. The monoisotopic (exact) mass is 469 g/mol. The van der Waals surface area contributed by atoms with Crippen molar-refractivity contribution in [1.29, 1.82) is 0 Å². The number of amides is 1. The standard InChI is InChI=1S/C23H27N5O4S/c24-33(31,32)19-11-7-16(8-12-19)13-14-25-22(29)18-9-5-17(6-10-18)15-28-23(30)20-3-1-2-4-21(20)26-27-28/h1-4,7-8,11-12,17-18H,5-6,9-10,13-15H2,(H,25,29)(H2,24,31,32). The second-order valence-corrected chi connectivity index (χ2v) is 10.1. The number of fused-ring (bicyclic) bond motifs is 1. The lowest BCUT2D eigenvalue weighted by Crippen LogP contribution is -2.35. The second kappa shape index (κ2) is 9.80. The molecule has 3 N–H and O–H groups in total. The molecule has 0 aliphatic heterocycles. The van der Waals surface area contributed by atoms with Crippen LogP contribution >= 0.6 is 0 Å². The minimum absolute atomic E-state index is 0.0366. The number of rotatable bonds is 7. The highest BCUT2D eigenvalue weighted by molar-refractivity contribution is 7.89. The number of benzene rings is 2. The second-order valence-electron chi connectivity index (χ2n) is 8.54. The van der Waals surface area contributed by atoms with Gasteiger partial charge in [0.25, 0.3) is 5.56 Å². The van der Waals surface area contributed by atoms with Gasteiger partial charge in [-0.2, -0.15) is 0 Å². The Balaban J connectivity index is 1.24. The Bertz CT molecular complexity index is 1300. The maximum absolute atomic E-state index is 12.6. The first-order valence-electron chi connectivity index (χ1n) is 11.0. The minimum atomic E-state index is -3.70. The zero-order chi connectivity index (χ0) is 23.4. The molecule has 0 saturated heterocycles. The molecule has 0 bridgehead atoms. The summed E-state index contributed by atoms with van der Waals surface area (Å²) in [4.78, 5) is 25.3. The SMILES string of the molecule is NS(=O)(=O)c1ccc(CCNC(=O)C2CCC(Cn3nnc4ccccc4c3=O)CC2)cc1.